The molecular formula is C26H38O5. The van der Waals surface area contributed by atoms with Crippen molar-refractivity contribution >= 4 is 17.7 Å². The summed E-state index contributed by atoms with van der Waals surface area (Å²) in [4.78, 5) is 35.4. The summed E-state index contributed by atoms with van der Waals surface area (Å²) in [6.07, 6.45) is 9.36. The molecule has 4 aliphatic carbocycles. The van der Waals surface area contributed by atoms with Crippen LogP contribution in [0.1, 0.15) is 85.5 Å². The molecule has 1 N–H and O–H groups in total. The van der Waals surface area contributed by atoms with Gasteiger partial charge in [-0.3, -0.25) is 14.4 Å². The Bertz CT molecular complexity index is 800. The molecule has 4 aliphatic rings. The standard InChI is InChI=1S/C26H38O5/c1-15(5-10-23(29)30)20-8-9-21-19-7-6-17-13-18(28)11-12-25(17,3)24(19)22(31-16(2)27)14-26(20,21)4/h13,15,19-22,24H,5-12,14H2,1-4H3,(H,29,30). The molecule has 31 heavy (non-hydrogen) atoms. The lowest BCUT2D eigenvalue weighted by molar-refractivity contribution is -0.177. The van der Waals surface area contributed by atoms with Crippen molar-refractivity contribution in [1.29, 1.82) is 0 Å². The van der Waals surface area contributed by atoms with Crippen LogP contribution < -0.4 is 0 Å². The number of aliphatic carboxylic acids is 1. The van der Waals surface area contributed by atoms with E-state index >= 15 is 0 Å². The number of fused-ring (bicyclic) bond motifs is 5. The predicted octanol–water partition coefficient (Wildman–Crippen LogP) is 5.18. The van der Waals surface area contributed by atoms with Gasteiger partial charge in [-0.15, -0.1) is 0 Å². The van der Waals surface area contributed by atoms with Gasteiger partial charge in [0.25, 0.3) is 0 Å². The van der Waals surface area contributed by atoms with Crippen LogP contribution >= 0.6 is 0 Å². The molecule has 3 fully saturated rings. The topological polar surface area (TPSA) is 80.7 Å². The molecule has 0 amide bonds. The number of rotatable bonds is 5. The summed E-state index contributed by atoms with van der Waals surface area (Å²) >= 11 is 0. The van der Waals surface area contributed by atoms with E-state index in [0.717, 1.165) is 32.1 Å². The van der Waals surface area contributed by atoms with Crippen LogP contribution in [0.4, 0.5) is 0 Å². The fourth-order valence-electron chi connectivity index (χ4n) is 8.50. The fraction of sp³-hybridized carbons (Fsp3) is 0.808. The van der Waals surface area contributed by atoms with Gasteiger partial charge in [-0.2, -0.15) is 0 Å². The first-order chi connectivity index (χ1) is 14.6. The minimum absolute atomic E-state index is 0.0642. The summed E-state index contributed by atoms with van der Waals surface area (Å²) < 4.78 is 6.06. The maximum Gasteiger partial charge on any atom is 0.303 e. The number of carboxylic acid groups (broad SMARTS) is 1. The minimum atomic E-state index is -0.723. The van der Waals surface area contributed by atoms with Gasteiger partial charge < -0.3 is 9.84 Å². The van der Waals surface area contributed by atoms with Crippen LogP contribution in [0.25, 0.3) is 0 Å². The van der Waals surface area contributed by atoms with E-state index in [2.05, 4.69) is 20.8 Å². The molecule has 3 saturated carbocycles. The Labute approximate surface area is 186 Å². The molecule has 0 aromatic rings. The Morgan fingerprint density at radius 2 is 1.97 bits per heavy atom. The van der Waals surface area contributed by atoms with Crippen molar-refractivity contribution in [2.24, 2.45) is 40.4 Å². The zero-order valence-electron chi connectivity index (χ0n) is 19.5. The van der Waals surface area contributed by atoms with Crippen LogP contribution in [0, 0.1) is 40.4 Å². The van der Waals surface area contributed by atoms with E-state index in [-0.39, 0.29) is 41.0 Å². The van der Waals surface area contributed by atoms with E-state index in [4.69, 9.17) is 9.84 Å². The smallest absolute Gasteiger partial charge is 0.303 e. The molecule has 0 aliphatic heterocycles. The lowest BCUT2D eigenvalue weighted by Crippen LogP contribution is -2.57. The van der Waals surface area contributed by atoms with E-state index in [1.807, 2.05) is 6.08 Å². The van der Waals surface area contributed by atoms with E-state index in [0.29, 0.717) is 36.5 Å². The molecule has 0 radical (unpaired) electrons. The average Bonchev–Trinajstić information content (AvgIpc) is 3.02. The van der Waals surface area contributed by atoms with Gasteiger partial charge >= 0.3 is 11.9 Å². The number of ketones is 1. The lowest BCUT2D eigenvalue weighted by atomic mass is 9.45. The van der Waals surface area contributed by atoms with Crippen LogP contribution in [0.3, 0.4) is 0 Å². The first-order valence-corrected chi connectivity index (χ1v) is 12.2. The highest BCUT2D eigenvalue weighted by molar-refractivity contribution is 5.91. The van der Waals surface area contributed by atoms with Gasteiger partial charge in [0.1, 0.15) is 6.10 Å². The molecule has 8 unspecified atom stereocenters. The molecule has 8 atom stereocenters. The third-order valence-electron chi connectivity index (χ3n) is 9.76. The van der Waals surface area contributed by atoms with Crippen LogP contribution in [0.2, 0.25) is 0 Å². The third kappa shape index (κ3) is 3.76. The summed E-state index contributed by atoms with van der Waals surface area (Å²) in [6, 6.07) is 0. The van der Waals surface area contributed by atoms with Gasteiger partial charge in [0.05, 0.1) is 0 Å². The maximum absolute atomic E-state index is 12.1. The van der Waals surface area contributed by atoms with Crippen molar-refractivity contribution < 1.29 is 24.2 Å². The molecule has 0 spiro atoms. The predicted molar refractivity (Wildman–Crippen MR) is 117 cm³/mol. The van der Waals surface area contributed by atoms with Crippen LogP contribution in [-0.4, -0.2) is 28.9 Å². The Balaban J connectivity index is 1.67. The van der Waals surface area contributed by atoms with E-state index in [9.17, 15) is 14.4 Å². The Hall–Kier alpha value is -1.65. The molecule has 0 saturated heterocycles. The summed E-state index contributed by atoms with van der Waals surface area (Å²) in [5.41, 5.74) is 1.28. The first-order valence-electron chi connectivity index (χ1n) is 12.2. The number of carbonyl (C=O) groups excluding carboxylic acids is 2. The van der Waals surface area contributed by atoms with Crippen molar-refractivity contribution in [3.8, 4) is 0 Å². The van der Waals surface area contributed by atoms with Gasteiger partial charge in [0.15, 0.2) is 5.78 Å². The van der Waals surface area contributed by atoms with Crippen LogP contribution in [0.15, 0.2) is 11.6 Å². The first kappa shape index (κ1) is 22.5. The highest BCUT2D eigenvalue weighted by atomic mass is 16.5. The third-order valence-corrected chi connectivity index (χ3v) is 9.76. The van der Waals surface area contributed by atoms with E-state index in [1.54, 1.807) is 0 Å². The normalized spacial score (nSPS) is 42.6. The zero-order valence-corrected chi connectivity index (χ0v) is 19.5. The molecule has 4 rings (SSSR count). The second kappa shape index (κ2) is 8.04. The summed E-state index contributed by atoms with van der Waals surface area (Å²) in [5.74, 6) is 1.47. The van der Waals surface area contributed by atoms with Gasteiger partial charge in [0.2, 0.25) is 0 Å². The van der Waals surface area contributed by atoms with Crippen molar-refractivity contribution in [3.05, 3.63) is 11.6 Å². The quantitative estimate of drug-likeness (QED) is 0.608. The zero-order chi connectivity index (χ0) is 22.6. The number of esters is 1. The Morgan fingerprint density at radius 3 is 2.65 bits per heavy atom. The van der Waals surface area contributed by atoms with Crippen molar-refractivity contribution in [3.63, 3.8) is 0 Å². The van der Waals surface area contributed by atoms with Crippen molar-refractivity contribution in [1.82, 2.24) is 0 Å². The second-order valence-electron chi connectivity index (χ2n) is 11.3. The van der Waals surface area contributed by atoms with Gasteiger partial charge in [-0.1, -0.05) is 26.3 Å². The SMILES string of the molecule is CC(=O)OC1CC2(C)C(C(C)CCC(=O)O)CCC2C2CCC3=CC(=O)CCC3(C)C12. The largest absolute Gasteiger partial charge is 0.481 e. The van der Waals surface area contributed by atoms with E-state index in [1.165, 1.54) is 18.9 Å². The number of allylic oxidation sites excluding steroid dienone is 1. The Kier molecular flexibility index (Phi) is 5.85. The highest BCUT2D eigenvalue weighted by Crippen LogP contribution is 2.68. The minimum Gasteiger partial charge on any atom is -0.481 e. The number of hydrogen-bond donors (Lipinski definition) is 1. The Morgan fingerprint density at radius 1 is 1.23 bits per heavy atom. The van der Waals surface area contributed by atoms with Crippen molar-refractivity contribution in [2.45, 2.75) is 91.6 Å². The monoisotopic (exact) mass is 430 g/mol. The average molecular weight is 431 g/mol. The number of carboxylic acids is 1. The number of hydrogen-bond acceptors (Lipinski definition) is 4. The molecule has 0 heterocycles. The molecule has 0 bridgehead atoms. The molecule has 5 nitrogen and oxygen atoms in total. The van der Waals surface area contributed by atoms with Crippen LogP contribution in [-0.2, 0) is 19.1 Å². The maximum atomic E-state index is 12.1. The molecular weight excluding hydrogens is 392 g/mol. The molecule has 5 heteroatoms. The van der Waals surface area contributed by atoms with Crippen LogP contribution in [0.5, 0.6) is 0 Å². The number of carbonyl (C=O) groups is 3. The van der Waals surface area contributed by atoms with Gasteiger partial charge in [0, 0.05) is 25.7 Å². The fourth-order valence-corrected chi connectivity index (χ4v) is 8.50. The molecule has 172 valence electrons. The van der Waals surface area contributed by atoms with Gasteiger partial charge in [-0.05, 0) is 85.5 Å². The molecule has 0 aromatic heterocycles. The number of ether oxygens (including phenoxy) is 1. The highest BCUT2D eigenvalue weighted by Gasteiger charge is 2.63. The summed E-state index contributed by atoms with van der Waals surface area (Å²) in [5, 5.41) is 9.17. The van der Waals surface area contributed by atoms with Gasteiger partial charge in [-0.25, -0.2) is 0 Å². The molecule has 0 aromatic carbocycles. The second-order valence-corrected chi connectivity index (χ2v) is 11.3. The van der Waals surface area contributed by atoms with Crippen molar-refractivity contribution in [2.75, 3.05) is 0 Å². The lowest BCUT2D eigenvalue weighted by Gasteiger charge is -2.60. The van der Waals surface area contributed by atoms with E-state index < -0.39 is 5.97 Å². The summed E-state index contributed by atoms with van der Waals surface area (Å²) in [7, 11) is 0. The summed E-state index contributed by atoms with van der Waals surface area (Å²) in [6.45, 7) is 8.42.